The van der Waals surface area contributed by atoms with Gasteiger partial charge in [0.15, 0.2) is 5.78 Å². The second kappa shape index (κ2) is 6.54. The summed E-state index contributed by atoms with van der Waals surface area (Å²) >= 11 is 0. The van der Waals surface area contributed by atoms with E-state index < -0.39 is 5.60 Å². The molecule has 1 aromatic heterocycles. The van der Waals surface area contributed by atoms with E-state index in [1.165, 1.54) is 0 Å². The van der Waals surface area contributed by atoms with Gasteiger partial charge in [-0.3, -0.25) is 9.59 Å². The van der Waals surface area contributed by atoms with Crippen molar-refractivity contribution in [3.63, 3.8) is 0 Å². The van der Waals surface area contributed by atoms with Crippen molar-refractivity contribution >= 4 is 22.6 Å². The number of hydrogen-bond donors (Lipinski definition) is 1. The molecule has 1 amide bonds. The van der Waals surface area contributed by atoms with E-state index >= 15 is 0 Å². The maximum atomic E-state index is 12.9. The molecule has 5 nitrogen and oxygen atoms in total. The molecule has 2 aromatic rings. The minimum atomic E-state index is -0.572. The van der Waals surface area contributed by atoms with Crippen LogP contribution in [0, 0.1) is 5.92 Å². The molecule has 1 saturated carbocycles. The fraction of sp³-hybridized carbons (Fsp3) is 0.524. The lowest BCUT2D eigenvalue weighted by Gasteiger charge is -2.47. The number of likely N-dealkylation sites (tertiary alicyclic amines) is 1. The van der Waals surface area contributed by atoms with Crippen LogP contribution in [-0.2, 0) is 11.3 Å². The van der Waals surface area contributed by atoms with E-state index in [0.29, 0.717) is 25.1 Å². The second-order valence-corrected chi connectivity index (χ2v) is 7.88. The van der Waals surface area contributed by atoms with Gasteiger partial charge in [-0.1, -0.05) is 31.0 Å². The minimum absolute atomic E-state index is 0.0117. The number of benzene rings is 1. The third kappa shape index (κ3) is 2.94. The van der Waals surface area contributed by atoms with Crippen molar-refractivity contribution in [3.05, 3.63) is 36.0 Å². The van der Waals surface area contributed by atoms with E-state index in [4.69, 9.17) is 0 Å². The SMILES string of the molecule is CC(=O)c1cn(CC(=O)N2CC[C@]3(O)CCCC[C@H]3C2)c2ccccc12. The molecule has 2 atom stereocenters. The predicted octanol–water partition coefficient (Wildman–Crippen LogP) is 3.00. The number of hydrogen-bond acceptors (Lipinski definition) is 3. The maximum Gasteiger partial charge on any atom is 0.242 e. The van der Waals surface area contributed by atoms with E-state index in [0.717, 1.165) is 36.6 Å². The van der Waals surface area contributed by atoms with Crippen molar-refractivity contribution in [1.29, 1.82) is 0 Å². The molecule has 0 spiro atoms. The summed E-state index contributed by atoms with van der Waals surface area (Å²) in [5.41, 5.74) is 1.00. The molecule has 1 aliphatic carbocycles. The molecular formula is C21H26N2O3. The Hall–Kier alpha value is -2.14. The Morgan fingerprint density at radius 3 is 2.85 bits per heavy atom. The first kappa shape index (κ1) is 17.3. The molecule has 0 bridgehead atoms. The van der Waals surface area contributed by atoms with Crippen molar-refractivity contribution in [2.24, 2.45) is 5.92 Å². The lowest BCUT2D eigenvalue weighted by Crippen LogP contribution is -2.55. The Kier molecular flexibility index (Phi) is 4.35. The number of carbonyl (C=O) groups excluding carboxylic acids is 2. The highest BCUT2D eigenvalue weighted by Crippen LogP contribution is 2.39. The van der Waals surface area contributed by atoms with Gasteiger partial charge in [0, 0.05) is 41.7 Å². The molecular weight excluding hydrogens is 328 g/mol. The summed E-state index contributed by atoms with van der Waals surface area (Å²) in [5, 5.41) is 11.7. The van der Waals surface area contributed by atoms with Gasteiger partial charge in [0.25, 0.3) is 0 Å². The highest BCUT2D eigenvalue weighted by Gasteiger charge is 2.43. The number of rotatable bonds is 3. The summed E-state index contributed by atoms with van der Waals surface area (Å²) in [6.07, 6.45) is 6.56. The van der Waals surface area contributed by atoms with Gasteiger partial charge >= 0.3 is 0 Å². The third-order valence-electron chi connectivity index (χ3n) is 6.25. The number of Topliss-reactive ketones (excluding diaryl/α,β-unsaturated/α-hetero) is 1. The minimum Gasteiger partial charge on any atom is -0.389 e. The van der Waals surface area contributed by atoms with Gasteiger partial charge in [-0.05, 0) is 32.3 Å². The highest BCUT2D eigenvalue weighted by molar-refractivity contribution is 6.07. The summed E-state index contributed by atoms with van der Waals surface area (Å²) in [6.45, 7) is 3.06. The zero-order valence-electron chi connectivity index (χ0n) is 15.3. The van der Waals surface area contributed by atoms with Crippen LogP contribution in [-0.4, -0.2) is 45.0 Å². The number of carbonyl (C=O) groups is 2. The molecule has 1 saturated heterocycles. The molecule has 4 rings (SSSR count). The Bertz CT molecular complexity index is 856. The topological polar surface area (TPSA) is 62.5 Å². The smallest absolute Gasteiger partial charge is 0.242 e. The zero-order chi connectivity index (χ0) is 18.3. The summed E-state index contributed by atoms with van der Waals surface area (Å²) < 4.78 is 1.88. The Morgan fingerprint density at radius 1 is 1.23 bits per heavy atom. The van der Waals surface area contributed by atoms with E-state index in [1.54, 1.807) is 13.1 Å². The second-order valence-electron chi connectivity index (χ2n) is 7.88. The summed E-state index contributed by atoms with van der Waals surface area (Å²) in [6, 6.07) is 7.72. The Balaban J connectivity index is 1.54. The fourth-order valence-corrected chi connectivity index (χ4v) is 4.70. The standard InChI is InChI=1S/C21H26N2O3/c1-15(24)18-13-23(19-8-3-2-7-17(18)19)14-20(25)22-11-10-21(26)9-5-4-6-16(21)12-22/h2-3,7-8,13,16,26H,4-6,9-12,14H2,1H3/t16-,21+/m0/s1. The van der Waals surface area contributed by atoms with E-state index in [1.807, 2.05) is 33.7 Å². The van der Waals surface area contributed by atoms with E-state index in [2.05, 4.69) is 0 Å². The predicted molar refractivity (Wildman–Crippen MR) is 100 cm³/mol. The first-order valence-electron chi connectivity index (χ1n) is 9.57. The highest BCUT2D eigenvalue weighted by atomic mass is 16.3. The van der Waals surface area contributed by atoms with Crippen LogP contribution < -0.4 is 0 Å². The van der Waals surface area contributed by atoms with Crippen molar-refractivity contribution < 1.29 is 14.7 Å². The van der Waals surface area contributed by atoms with E-state index in [-0.39, 0.29) is 24.2 Å². The molecule has 2 fully saturated rings. The molecule has 2 aliphatic rings. The number of aliphatic hydroxyl groups is 1. The summed E-state index contributed by atoms with van der Waals surface area (Å²) in [4.78, 5) is 26.7. The van der Waals surface area contributed by atoms with Crippen LogP contribution in [0.4, 0.5) is 0 Å². The molecule has 0 unspecified atom stereocenters. The Labute approximate surface area is 153 Å². The van der Waals surface area contributed by atoms with Gasteiger partial charge in [0.2, 0.25) is 5.91 Å². The molecule has 1 aromatic carbocycles. The number of ketones is 1. The van der Waals surface area contributed by atoms with Crippen LogP contribution in [0.25, 0.3) is 10.9 Å². The first-order valence-corrected chi connectivity index (χ1v) is 9.57. The normalized spacial score (nSPS) is 25.9. The number of para-hydroxylation sites is 1. The van der Waals surface area contributed by atoms with Crippen LogP contribution in [0.15, 0.2) is 30.5 Å². The third-order valence-corrected chi connectivity index (χ3v) is 6.25. The van der Waals surface area contributed by atoms with Crippen molar-refractivity contribution in [3.8, 4) is 0 Å². The van der Waals surface area contributed by atoms with Gasteiger partial charge in [-0.2, -0.15) is 0 Å². The largest absolute Gasteiger partial charge is 0.389 e. The molecule has 2 heterocycles. The molecule has 1 aliphatic heterocycles. The molecule has 26 heavy (non-hydrogen) atoms. The van der Waals surface area contributed by atoms with Gasteiger partial charge in [-0.15, -0.1) is 0 Å². The van der Waals surface area contributed by atoms with Gasteiger partial charge in [0.1, 0.15) is 6.54 Å². The fourth-order valence-electron chi connectivity index (χ4n) is 4.70. The number of amides is 1. The van der Waals surface area contributed by atoms with Crippen LogP contribution in [0.3, 0.4) is 0 Å². The van der Waals surface area contributed by atoms with Crippen LogP contribution >= 0.6 is 0 Å². The average molecular weight is 354 g/mol. The zero-order valence-corrected chi connectivity index (χ0v) is 15.3. The average Bonchev–Trinajstić information content (AvgIpc) is 3.00. The quantitative estimate of drug-likeness (QED) is 0.862. The number of piperidine rings is 1. The summed E-state index contributed by atoms with van der Waals surface area (Å²) in [7, 11) is 0. The maximum absolute atomic E-state index is 12.9. The monoisotopic (exact) mass is 354 g/mol. The number of fused-ring (bicyclic) bond motifs is 2. The van der Waals surface area contributed by atoms with Crippen LogP contribution in [0.5, 0.6) is 0 Å². The summed E-state index contributed by atoms with van der Waals surface area (Å²) in [5.74, 6) is 0.272. The van der Waals surface area contributed by atoms with Crippen molar-refractivity contribution in [1.82, 2.24) is 9.47 Å². The number of nitrogens with zero attached hydrogens (tertiary/aromatic N) is 2. The molecule has 5 heteroatoms. The molecule has 1 N–H and O–H groups in total. The molecule has 138 valence electrons. The Morgan fingerprint density at radius 2 is 2.04 bits per heavy atom. The first-order chi connectivity index (χ1) is 12.5. The van der Waals surface area contributed by atoms with Crippen molar-refractivity contribution in [2.75, 3.05) is 13.1 Å². The van der Waals surface area contributed by atoms with Crippen LogP contribution in [0.2, 0.25) is 0 Å². The van der Waals surface area contributed by atoms with Crippen molar-refractivity contribution in [2.45, 2.75) is 51.2 Å². The van der Waals surface area contributed by atoms with Gasteiger partial charge in [-0.25, -0.2) is 0 Å². The number of aromatic nitrogens is 1. The van der Waals surface area contributed by atoms with E-state index in [9.17, 15) is 14.7 Å². The van der Waals surface area contributed by atoms with Gasteiger partial charge in [0.05, 0.1) is 5.60 Å². The lowest BCUT2D eigenvalue weighted by atomic mass is 9.71. The van der Waals surface area contributed by atoms with Crippen LogP contribution in [0.1, 0.15) is 49.4 Å². The lowest BCUT2D eigenvalue weighted by molar-refractivity contribution is -0.143. The molecule has 0 radical (unpaired) electrons. The van der Waals surface area contributed by atoms with Gasteiger partial charge < -0.3 is 14.6 Å².